The molecule has 4 aromatic rings. The van der Waals surface area contributed by atoms with Gasteiger partial charge >= 0.3 is 224 Å². The summed E-state index contributed by atoms with van der Waals surface area (Å²) in [6.07, 6.45) is 10.6. The second-order valence-electron chi connectivity index (χ2n) is 10.4. The summed E-state index contributed by atoms with van der Waals surface area (Å²) in [5.41, 5.74) is 14.3. The van der Waals surface area contributed by atoms with Gasteiger partial charge in [-0.25, -0.2) is 0 Å². The number of halogens is 2. The predicted molar refractivity (Wildman–Crippen MR) is 151 cm³/mol. The van der Waals surface area contributed by atoms with Crippen LogP contribution >= 0.6 is 0 Å². The Balaban J connectivity index is 0.00000168. The second-order valence-corrected chi connectivity index (χ2v) is 16.6. The normalized spacial score (nSPS) is 12.7. The predicted octanol–water partition coefficient (Wildman–Crippen LogP) is 1.93. The van der Waals surface area contributed by atoms with Gasteiger partial charge in [-0.15, -0.1) is 0 Å². The number of fused-ring (bicyclic) bond motifs is 3. The van der Waals surface area contributed by atoms with Gasteiger partial charge in [0, 0.05) is 0 Å². The maximum Gasteiger partial charge on any atom is -1.00 e. The van der Waals surface area contributed by atoms with Crippen molar-refractivity contribution in [2.45, 2.75) is 37.7 Å². The van der Waals surface area contributed by atoms with Crippen LogP contribution in [0.25, 0.3) is 11.1 Å². The van der Waals surface area contributed by atoms with Gasteiger partial charge < -0.3 is 24.8 Å². The van der Waals surface area contributed by atoms with Crippen molar-refractivity contribution in [3.05, 3.63) is 148 Å². The molecule has 0 atom stereocenters. The molecule has 2 aliphatic carbocycles. The largest absolute Gasteiger partial charge is 1.00 e. The van der Waals surface area contributed by atoms with Gasteiger partial charge in [0.1, 0.15) is 0 Å². The van der Waals surface area contributed by atoms with Crippen LogP contribution in [0.1, 0.15) is 44.5 Å². The van der Waals surface area contributed by atoms with Gasteiger partial charge in [0.25, 0.3) is 0 Å². The maximum absolute atomic E-state index is 2.56. The minimum absolute atomic E-state index is 0. The first kappa shape index (κ1) is 28.7. The molecule has 190 valence electrons. The molecule has 6 rings (SSSR count). The van der Waals surface area contributed by atoms with Crippen molar-refractivity contribution in [3.63, 3.8) is 0 Å². The smallest absolute Gasteiger partial charge is 1.00 e. The van der Waals surface area contributed by atoms with E-state index in [0.717, 1.165) is 6.42 Å². The van der Waals surface area contributed by atoms with Crippen molar-refractivity contribution in [1.82, 2.24) is 0 Å². The molecule has 0 spiro atoms. The topological polar surface area (TPSA) is 0 Å². The molecule has 0 radical (unpaired) electrons. The van der Waals surface area contributed by atoms with E-state index in [0.29, 0.717) is 3.63 Å². The molecular formula is C35H32Cl2Zr. The molecule has 0 fully saturated rings. The van der Waals surface area contributed by atoms with Crippen LogP contribution in [0.5, 0.6) is 0 Å². The number of allylic oxidation sites excluding steroid dienone is 4. The average Bonchev–Trinajstić information content (AvgIpc) is 3.50. The summed E-state index contributed by atoms with van der Waals surface area (Å²) >= 11 is -2.56. The Morgan fingerprint density at radius 1 is 0.658 bits per heavy atom. The molecule has 0 unspecified atom stereocenters. The van der Waals surface area contributed by atoms with E-state index in [-0.39, 0.29) is 24.8 Å². The number of rotatable bonds is 4. The molecule has 0 saturated heterocycles. The Kier molecular flexibility index (Phi) is 8.94. The number of benzene rings is 4. The van der Waals surface area contributed by atoms with Crippen molar-refractivity contribution in [1.29, 1.82) is 0 Å². The summed E-state index contributed by atoms with van der Waals surface area (Å²) in [5.74, 6) is 0. The Morgan fingerprint density at radius 3 is 1.84 bits per heavy atom. The fraction of sp³-hybridized carbons (Fsp3) is 0.171. The van der Waals surface area contributed by atoms with Crippen molar-refractivity contribution in [2.75, 3.05) is 0 Å². The molecule has 0 aliphatic heterocycles. The fourth-order valence-corrected chi connectivity index (χ4v) is 14.7. The standard InChI is InChI=1S/C15H13.C15H14.C5H5.2ClH.Zr/c1-10-3-5-14-12(7-10)9-13-8-11(2)4-6-15(13)14;1-12-5-3-7-14(9-12)11-15-8-4-6-13(2)10-15;1-2-4-5-3-1;;;/h3-7H,9H2,1-2H3;3-10H,1-2H3;1-5H;2*1H;/q;;;;;+2/p-2. The molecule has 38 heavy (non-hydrogen) atoms. The monoisotopic (exact) mass is 612 g/mol. The van der Waals surface area contributed by atoms with Gasteiger partial charge in [0.05, 0.1) is 0 Å². The molecule has 0 aromatic heterocycles. The minimum Gasteiger partial charge on any atom is -1.00 e. The molecule has 0 saturated carbocycles. The summed E-state index contributed by atoms with van der Waals surface area (Å²) in [6.45, 7) is 9.02. The first-order chi connectivity index (χ1) is 17.5. The van der Waals surface area contributed by atoms with Gasteiger partial charge in [-0.3, -0.25) is 0 Å². The third-order valence-corrected chi connectivity index (χ3v) is 16.0. The van der Waals surface area contributed by atoms with Gasteiger partial charge in [0.15, 0.2) is 0 Å². The average molecular weight is 615 g/mol. The summed E-state index contributed by atoms with van der Waals surface area (Å²) in [6, 6.07) is 30.3. The molecule has 0 nitrogen and oxygen atoms in total. The third kappa shape index (κ3) is 5.27. The van der Waals surface area contributed by atoms with Gasteiger partial charge in [-0.1, -0.05) is 0 Å². The van der Waals surface area contributed by atoms with Crippen molar-refractivity contribution < 1.29 is 46.1 Å². The molecular weight excluding hydrogens is 583 g/mol. The van der Waals surface area contributed by atoms with Gasteiger partial charge in [-0.2, -0.15) is 0 Å². The van der Waals surface area contributed by atoms with Crippen LogP contribution in [0.3, 0.4) is 0 Å². The van der Waals surface area contributed by atoms with Crippen LogP contribution in [0, 0.1) is 27.7 Å². The van der Waals surface area contributed by atoms with Crippen LogP contribution in [0.4, 0.5) is 0 Å². The quantitative estimate of drug-likeness (QED) is 0.291. The minimum atomic E-state index is -2.56. The van der Waals surface area contributed by atoms with Crippen molar-refractivity contribution in [3.8, 4) is 11.1 Å². The first-order valence-electron chi connectivity index (χ1n) is 13.0. The van der Waals surface area contributed by atoms with E-state index in [4.69, 9.17) is 0 Å². The number of hydrogen-bond donors (Lipinski definition) is 0. The van der Waals surface area contributed by atoms with E-state index < -0.39 is 21.3 Å². The van der Waals surface area contributed by atoms with Crippen LogP contribution in [0.15, 0.2) is 103 Å². The van der Waals surface area contributed by atoms with E-state index >= 15 is 0 Å². The molecule has 0 heterocycles. The Labute approximate surface area is 247 Å². The van der Waals surface area contributed by atoms with Gasteiger partial charge in [0.2, 0.25) is 0 Å². The van der Waals surface area contributed by atoms with E-state index in [1.165, 1.54) is 50.1 Å². The number of hydrogen-bond acceptors (Lipinski definition) is 0. The first-order valence-corrected chi connectivity index (χ1v) is 16.8. The van der Waals surface area contributed by atoms with E-state index in [2.05, 4.69) is 131 Å². The molecule has 0 bridgehead atoms. The summed E-state index contributed by atoms with van der Waals surface area (Å²) in [4.78, 5) is 0. The third-order valence-electron chi connectivity index (χ3n) is 7.67. The molecule has 4 aromatic carbocycles. The van der Waals surface area contributed by atoms with Crippen molar-refractivity contribution >= 4 is 6.48 Å². The molecule has 3 heteroatoms. The zero-order valence-corrected chi connectivity index (χ0v) is 26.3. The Hall–Kier alpha value is -2.31. The van der Waals surface area contributed by atoms with Crippen LogP contribution in [-0.2, 0) is 27.7 Å². The molecule has 0 amide bonds. The fourth-order valence-electron chi connectivity index (χ4n) is 6.06. The maximum atomic E-state index is 2.48. The Bertz CT molecular complexity index is 1550. The summed E-state index contributed by atoms with van der Waals surface area (Å²) in [5, 5.41) is 0. The number of aryl methyl sites for hydroxylation is 4. The second kappa shape index (κ2) is 11.8. The summed E-state index contributed by atoms with van der Waals surface area (Å²) < 4.78 is 3.83. The van der Waals surface area contributed by atoms with Crippen LogP contribution in [0.2, 0.25) is 3.63 Å². The zero-order chi connectivity index (χ0) is 24.8. The van der Waals surface area contributed by atoms with E-state index in [1.54, 1.807) is 12.0 Å². The van der Waals surface area contributed by atoms with Crippen LogP contribution < -0.4 is 28.1 Å². The van der Waals surface area contributed by atoms with E-state index in [1.807, 2.05) is 0 Å². The molecule has 2 aliphatic rings. The van der Waals surface area contributed by atoms with Crippen molar-refractivity contribution in [2.24, 2.45) is 0 Å². The Morgan fingerprint density at radius 2 is 1.24 bits per heavy atom. The van der Waals surface area contributed by atoms with Gasteiger partial charge in [-0.05, 0) is 0 Å². The SMILES string of the molecule is Cc1cccc([C](c2cccc(C)c2)=[Zr+2]([c]2c(C)ccc3c2Cc2cc(C)ccc2-3)[CH]2C=CC=C2)c1.[Cl-].[Cl-]. The van der Waals surface area contributed by atoms with E-state index in [9.17, 15) is 0 Å². The zero-order valence-electron chi connectivity index (χ0n) is 22.4. The molecule has 0 N–H and O–H groups in total. The van der Waals surface area contributed by atoms with Crippen LogP contribution in [-0.4, -0.2) is 3.21 Å². The summed E-state index contributed by atoms with van der Waals surface area (Å²) in [7, 11) is 0.